The maximum Gasteiger partial charge on any atom is 0.254 e. The number of aromatic nitrogens is 4. The molecule has 1 saturated heterocycles. The molecule has 6 heteroatoms. The Kier molecular flexibility index (Phi) is 2.30. The van der Waals surface area contributed by atoms with Gasteiger partial charge in [-0.2, -0.15) is 0 Å². The van der Waals surface area contributed by atoms with Gasteiger partial charge in [-0.15, -0.1) is 10.2 Å². The SMILES string of the molecule is COC1CNC(c2nnc3ncccn23)C1. The van der Waals surface area contributed by atoms with Crippen LogP contribution >= 0.6 is 0 Å². The van der Waals surface area contributed by atoms with E-state index < -0.39 is 0 Å². The lowest BCUT2D eigenvalue weighted by atomic mass is 10.2. The minimum absolute atomic E-state index is 0.198. The fourth-order valence-electron chi connectivity index (χ4n) is 2.08. The van der Waals surface area contributed by atoms with Crippen LogP contribution in [0.15, 0.2) is 18.5 Å². The minimum atomic E-state index is 0.198. The first-order valence-electron chi connectivity index (χ1n) is 5.30. The topological polar surface area (TPSA) is 64.3 Å². The highest BCUT2D eigenvalue weighted by Crippen LogP contribution is 2.23. The summed E-state index contributed by atoms with van der Waals surface area (Å²) in [6.45, 7) is 0.857. The van der Waals surface area contributed by atoms with E-state index in [0.717, 1.165) is 18.8 Å². The molecule has 6 nitrogen and oxygen atoms in total. The maximum absolute atomic E-state index is 5.32. The lowest BCUT2D eigenvalue weighted by molar-refractivity contribution is 0.117. The monoisotopic (exact) mass is 219 g/mol. The number of nitrogens with one attached hydrogen (secondary N) is 1. The number of hydrogen-bond donors (Lipinski definition) is 1. The Morgan fingerprint density at radius 1 is 1.50 bits per heavy atom. The van der Waals surface area contributed by atoms with Gasteiger partial charge in [0.2, 0.25) is 0 Å². The van der Waals surface area contributed by atoms with Crippen LogP contribution in [0.4, 0.5) is 0 Å². The van der Waals surface area contributed by atoms with Crippen LogP contribution in [0.2, 0.25) is 0 Å². The maximum atomic E-state index is 5.32. The summed E-state index contributed by atoms with van der Waals surface area (Å²) in [4.78, 5) is 4.14. The van der Waals surface area contributed by atoms with E-state index >= 15 is 0 Å². The molecule has 0 bridgehead atoms. The lowest BCUT2D eigenvalue weighted by Crippen LogP contribution is -2.17. The molecule has 2 atom stereocenters. The van der Waals surface area contributed by atoms with Crippen molar-refractivity contribution in [2.45, 2.75) is 18.6 Å². The Labute approximate surface area is 92.7 Å². The second-order valence-electron chi connectivity index (χ2n) is 3.90. The fourth-order valence-corrected chi connectivity index (χ4v) is 2.08. The Morgan fingerprint density at radius 2 is 2.44 bits per heavy atom. The molecule has 0 radical (unpaired) electrons. The quantitative estimate of drug-likeness (QED) is 0.780. The Bertz CT molecular complexity index is 497. The van der Waals surface area contributed by atoms with E-state index in [1.54, 1.807) is 13.3 Å². The van der Waals surface area contributed by atoms with Gasteiger partial charge < -0.3 is 10.1 Å². The molecular weight excluding hydrogens is 206 g/mol. The van der Waals surface area contributed by atoms with Crippen molar-refractivity contribution in [3.05, 3.63) is 24.3 Å². The van der Waals surface area contributed by atoms with Crippen LogP contribution in [-0.4, -0.2) is 39.3 Å². The first-order chi connectivity index (χ1) is 7.88. The van der Waals surface area contributed by atoms with E-state index in [0.29, 0.717) is 5.78 Å². The zero-order valence-electron chi connectivity index (χ0n) is 9.00. The zero-order chi connectivity index (χ0) is 11.0. The van der Waals surface area contributed by atoms with Crippen molar-refractivity contribution in [3.63, 3.8) is 0 Å². The summed E-state index contributed by atoms with van der Waals surface area (Å²) >= 11 is 0. The highest BCUT2D eigenvalue weighted by Gasteiger charge is 2.28. The number of nitrogens with zero attached hydrogens (tertiary/aromatic N) is 4. The molecule has 16 heavy (non-hydrogen) atoms. The van der Waals surface area contributed by atoms with Crippen molar-refractivity contribution in [3.8, 4) is 0 Å². The molecule has 1 aliphatic heterocycles. The van der Waals surface area contributed by atoms with Crippen molar-refractivity contribution in [2.75, 3.05) is 13.7 Å². The molecule has 0 amide bonds. The molecule has 3 rings (SSSR count). The average molecular weight is 219 g/mol. The molecule has 3 heterocycles. The predicted molar refractivity (Wildman–Crippen MR) is 56.9 cm³/mol. The van der Waals surface area contributed by atoms with Gasteiger partial charge in [0, 0.05) is 26.0 Å². The van der Waals surface area contributed by atoms with Crippen LogP contribution in [0.1, 0.15) is 18.3 Å². The number of rotatable bonds is 2. The van der Waals surface area contributed by atoms with Crippen molar-refractivity contribution in [1.29, 1.82) is 0 Å². The fraction of sp³-hybridized carbons (Fsp3) is 0.500. The molecule has 84 valence electrons. The predicted octanol–water partition coefficient (Wildman–Crippen LogP) is 0.174. The average Bonchev–Trinajstić information content (AvgIpc) is 2.94. The van der Waals surface area contributed by atoms with Crippen molar-refractivity contribution in [2.24, 2.45) is 0 Å². The lowest BCUT2D eigenvalue weighted by Gasteiger charge is -2.07. The molecule has 1 N–H and O–H groups in total. The van der Waals surface area contributed by atoms with E-state index in [-0.39, 0.29) is 12.1 Å². The summed E-state index contributed by atoms with van der Waals surface area (Å²) in [5.74, 6) is 1.54. The summed E-state index contributed by atoms with van der Waals surface area (Å²) in [5.41, 5.74) is 0. The third-order valence-electron chi connectivity index (χ3n) is 2.95. The Morgan fingerprint density at radius 3 is 3.25 bits per heavy atom. The van der Waals surface area contributed by atoms with Gasteiger partial charge in [-0.1, -0.05) is 0 Å². The summed E-state index contributed by atoms with van der Waals surface area (Å²) in [6.07, 6.45) is 4.83. The van der Waals surface area contributed by atoms with Crippen LogP contribution in [0.5, 0.6) is 0 Å². The number of fused-ring (bicyclic) bond motifs is 1. The third kappa shape index (κ3) is 1.46. The summed E-state index contributed by atoms with van der Waals surface area (Å²) in [5, 5.41) is 11.6. The third-order valence-corrected chi connectivity index (χ3v) is 2.95. The number of ether oxygens (including phenoxy) is 1. The Balaban J connectivity index is 1.95. The van der Waals surface area contributed by atoms with Gasteiger partial charge in [-0.05, 0) is 12.5 Å². The van der Waals surface area contributed by atoms with Crippen LogP contribution in [0, 0.1) is 0 Å². The van der Waals surface area contributed by atoms with E-state index in [1.807, 2.05) is 16.7 Å². The van der Waals surface area contributed by atoms with Gasteiger partial charge in [-0.25, -0.2) is 4.98 Å². The van der Waals surface area contributed by atoms with Crippen LogP contribution in [0.3, 0.4) is 0 Å². The summed E-state index contributed by atoms with van der Waals surface area (Å²) in [7, 11) is 1.73. The van der Waals surface area contributed by atoms with Crippen LogP contribution < -0.4 is 5.32 Å². The normalized spacial score (nSPS) is 25.3. The highest BCUT2D eigenvalue weighted by atomic mass is 16.5. The highest BCUT2D eigenvalue weighted by molar-refractivity contribution is 5.27. The number of hydrogen-bond acceptors (Lipinski definition) is 5. The first kappa shape index (κ1) is 9.68. The van der Waals surface area contributed by atoms with E-state index in [9.17, 15) is 0 Å². The van der Waals surface area contributed by atoms with E-state index in [2.05, 4.69) is 20.5 Å². The second kappa shape index (κ2) is 3.80. The Hall–Kier alpha value is -1.53. The second-order valence-corrected chi connectivity index (χ2v) is 3.90. The molecule has 0 spiro atoms. The van der Waals surface area contributed by atoms with Crippen molar-refractivity contribution in [1.82, 2.24) is 24.9 Å². The van der Waals surface area contributed by atoms with Crippen LogP contribution in [0.25, 0.3) is 5.78 Å². The van der Waals surface area contributed by atoms with Crippen molar-refractivity contribution >= 4 is 5.78 Å². The summed E-state index contributed by atoms with van der Waals surface area (Å²) < 4.78 is 7.23. The standard InChI is InChI=1S/C10H13N5O/c1-16-7-5-8(12-6-7)9-13-14-10-11-3-2-4-15(9)10/h2-4,7-8,12H,5-6H2,1H3. The van der Waals surface area contributed by atoms with E-state index in [4.69, 9.17) is 4.74 Å². The zero-order valence-corrected chi connectivity index (χ0v) is 9.00. The largest absolute Gasteiger partial charge is 0.380 e. The van der Waals surface area contributed by atoms with Gasteiger partial charge in [-0.3, -0.25) is 4.40 Å². The molecule has 1 aliphatic rings. The van der Waals surface area contributed by atoms with Gasteiger partial charge in [0.25, 0.3) is 5.78 Å². The molecule has 2 aromatic heterocycles. The van der Waals surface area contributed by atoms with Crippen LogP contribution in [-0.2, 0) is 4.74 Å². The molecular formula is C10H13N5O. The summed E-state index contributed by atoms with van der Waals surface area (Å²) in [6, 6.07) is 2.08. The molecule has 0 aromatic carbocycles. The molecule has 0 aliphatic carbocycles. The van der Waals surface area contributed by atoms with Gasteiger partial charge in [0.15, 0.2) is 5.82 Å². The minimum Gasteiger partial charge on any atom is -0.380 e. The first-order valence-corrected chi connectivity index (χ1v) is 5.30. The molecule has 0 saturated carbocycles. The van der Waals surface area contributed by atoms with Crippen molar-refractivity contribution < 1.29 is 4.74 Å². The smallest absolute Gasteiger partial charge is 0.254 e. The van der Waals surface area contributed by atoms with Gasteiger partial charge in [0.05, 0.1) is 12.1 Å². The number of methoxy groups -OCH3 is 1. The molecule has 2 aromatic rings. The van der Waals surface area contributed by atoms with Gasteiger partial charge >= 0.3 is 0 Å². The van der Waals surface area contributed by atoms with Gasteiger partial charge in [0.1, 0.15) is 0 Å². The molecule has 1 fully saturated rings. The van der Waals surface area contributed by atoms with E-state index in [1.165, 1.54) is 0 Å². The molecule has 2 unspecified atom stereocenters.